The molecule has 1 aromatic rings. The fraction of sp³-hybridized carbons (Fsp3) is 0.672. The summed E-state index contributed by atoms with van der Waals surface area (Å²) in [5.41, 5.74) is 16.1. The molecule has 0 bridgehead atoms. The maximum absolute atomic E-state index is 13.3. The molecule has 0 aliphatic carbocycles. The number of carbonyl (C=O) groups is 16. The Morgan fingerprint density at radius 3 is 1.24 bits per heavy atom. The summed E-state index contributed by atoms with van der Waals surface area (Å²) in [6, 6.07) is -0.412. The lowest BCUT2D eigenvalue weighted by molar-refractivity contribution is -0.140. The Morgan fingerprint density at radius 2 is 0.909 bits per heavy atom. The Hall–Kier alpha value is -9.10. The number of ether oxygens (including phenoxy) is 1. The van der Waals surface area contributed by atoms with Gasteiger partial charge >= 0.3 is 18.1 Å². The fourth-order valence-corrected chi connectivity index (χ4v) is 10.3. The van der Waals surface area contributed by atoms with Crippen LogP contribution in [0.4, 0.5) is 20.1 Å². The van der Waals surface area contributed by atoms with Crippen molar-refractivity contribution in [2.24, 2.45) is 46.8 Å². The number of carbonyl (C=O) groups excluding carboxylic acids is 16. The van der Waals surface area contributed by atoms with Crippen LogP contribution in [0.25, 0.3) is 0 Å². The summed E-state index contributed by atoms with van der Waals surface area (Å²) < 4.78 is 26.0. The molecule has 16 N–H and O–H groups in total. The van der Waals surface area contributed by atoms with Crippen LogP contribution in [0.1, 0.15) is 189 Å². The van der Waals surface area contributed by atoms with Gasteiger partial charge in [0.1, 0.15) is 24.7 Å². The van der Waals surface area contributed by atoms with Crippen molar-refractivity contribution in [3.05, 3.63) is 29.8 Å². The number of hydrogen-bond acceptors (Lipinski definition) is 18. The van der Waals surface area contributed by atoms with Gasteiger partial charge < -0.3 is 75.1 Å². The van der Waals surface area contributed by atoms with Crippen molar-refractivity contribution in [2.75, 3.05) is 44.6 Å². The van der Waals surface area contributed by atoms with E-state index in [1.54, 1.807) is 65.8 Å². The molecule has 32 heteroatoms. The molecule has 2 aliphatic rings. The lowest BCUT2D eigenvalue weighted by atomic mass is 10.0. The first kappa shape index (κ1) is 82.3. The lowest BCUT2D eigenvalue weighted by Gasteiger charge is -2.25. The van der Waals surface area contributed by atoms with Crippen molar-refractivity contribution < 1.29 is 85.6 Å². The number of anilines is 1. The first-order valence-corrected chi connectivity index (χ1v) is 33.8. The van der Waals surface area contributed by atoms with E-state index in [2.05, 4.69) is 57.9 Å². The number of amides is 16. The van der Waals surface area contributed by atoms with E-state index in [0.717, 1.165) is 0 Å². The van der Waals surface area contributed by atoms with Crippen LogP contribution in [0.15, 0.2) is 24.3 Å². The zero-order chi connectivity index (χ0) is 77.2. The van der Waals surface area contributed by atoms with Gasteiger partial charge in [0.05, 0.1) is 18.1 Å². The molecule has 2 saturated heterocycles. The molecule has 0 radical (unpaired) electrons. The van der Waals surface area contributed by atoms with Crippen LogP contribution in [-0.4, -0.2) is 180 Å². The molecule has 99 heavy (non-hydrogen) atoms. The number of nitrogens with one attached hydrogen (secondary N) is 10. The van der Waals surface area contributed by atoms with Gasteiger partial charge in [0.2, 0.25) is 59.1 Å². The normalized spacial score (nSPS) is 16.3. The fourth-order valence-electron chi connectivity index (χ4n) is 10.3. The standard InChI is InChI=1S/C30H44N6O8.C23H39N5O6.C14H28N4O3/c1-19(2)26(35-24(38)9-5-4-6-15-36-25(39)16-20(3)29(36)42)28(41)34-23(8-7-14-32-30(31)43)27(40)33-22-12-10-21(11-13-22)17-44-18-37;1-14(2)20(21(32)26-17(16(4)29)9-8-11-25-23(24)34)27-18(30)10-6-5-7-12-28-19(31)13-15(3)22(28)33;1-5-16-12(9(2)3)13(20)18-11(10(4)19)7-6-8-17-14(15)21/h10-13,18-20,23,26H,4-9,14-17H2,1-3H3,(H,33,40)(H,34,41)(H,35,38)(H3,31,32,43);14-15,17,20H,5-13H2,1-4H3,(H,26,32)(H,27,30)(H3,24,25,34);9,11-12,16H,5-8H2,1-4H3,(H,18,20)(H3,15,17,21)/t20?,23-,26-;15?,17-,20-;11-,12-/m000/s1/i18D;2*4D. The molecule has 2 fully saturated rings. The molecule has 0 spiro atoms. The van der Waals surface area contributed by atoms with Gasteiger partial charge in [-0.1, -0.05) is 87.3 Å². The third-order valence-electron chi connectivity index (χ3n) is 15.9. The van der Waals surface area contributed by atoms with E-state index in [9.17, 15) is 76.7 Å². The molecule has 2 heterocycles. The van der Waals surface area contributed by atoms with Crippen molar-refractivity contribution in [1.29, 1.82) is 0 Å². The van der Waals surface area contributed by atoms with Crippen molar-refractivity contribution in [3.8, 4) is 0 Å². The molecular weight excluding hydrogens is 1290 g/mol. The van der Waals surface area contributed by atoms with E-state index in [1.807, 2.05) is 20.8 Å². The maximum atomic E-state index is 13.3. The van der Waals surface area contributed by atoms with Crippen LogP contribution < -0.4 is 70.4 Å². The number of imide groups is 2. The number of primary amides is 3. The predicted octanol–water partition coefficient (Wildman–Crippen LogP) is 2.08. The topological polar surface area (TPSA) is 487 Å². The van der Waals surface area contributed by atoms with Crippen LogP contribution in [0.3, 0.4) is 0 Å². The number of hydrogen-bond donors (Lipinski definition) is 13. The Bertz CT molecular complexity index is 2960. The molecular formula is C67H111N15O17. The Kier molecular flexibility index (Phi) is 39.7. The van der Waals surface area contributed by atoms with Gasteiger partial charge in [-0.05, 0) is 120 Å². The van der Waals surface area contributed by atoms with Gasteiger partial charge in [-0.2, -0.15) is 0 Å². The third kappa shape index (κ3) is 35.8. The molecule has 2 aliphatic heterocycles. The minimum atomic E-state index is -1.16. The number of urea groups is 3. The number of rotatable bonds is 43. The lowest BCUT2D eigenvalue weighted by Crippen LogP contribution is -2.54. The zero-order valence-corrected chi connectivity index (χ0v) is 58.9. The minimum Gasteiger partial charge on any atom is -0.463 e. The molecule has 1 aromatic carbocycles. The average Bonchev–Trinajstić information content (AvgIpc) is 1.66. The van der Waals surface area contributed by atoms with Gasteiger partial charge in [-0.15, -0.1) is 0 Å². The summed E-state index contributed by atoms with van der Waals surface area (Å²) in [4.78, 5) is 194. The first-order valence-electron chi connectivity index (χ1n) is 35.7. The second kappa shape index (κ2) is 47.8. The third-order valence-corrected chi connectivity index (χ3v) is 15.9. The summed E-state index contributed by atoms with van der Waals surface area (Å²) in [6.07, 6.45) is 5.09. The second-order valence-electron chi connectivity index (χ2n) is 25.4. The average molecular weight is 1400 g/mol. The van der Waals surface area contributed by atoms with Crippen LogP contribution in [0.2, 0.25) is 0 Å². The maximum Gasteiger partial charge on any atom is 0.312 e. The van der Waals surface area contributed by atoms with Crippen molar-refractivity contribution >= 4 is 101 Å². The predicted molar refractivity (Wildman–Crippen MR) is 367 cm³/mol. The van der Waals surface area contributed by atoms with Crippen LogP contribution in [0.5, 0.6) is 0 Å². The summed E-state index contributed by atoms with van der Waals surface area (Å²) in [6.45, 7) is 17.4. The zero-order valence-electron chi connectivity index (χ0n) is 61.9. The smallest absolute Gasteiger partial charge is 0.312 e. The number of nitrogens with zero attached hydrogens (tertiary/aromatic N) is 2. The van der Waals surface area contributed by atoms with Gasteiger partial charge in [0.15, 0.2) is 12.9 Å². The number of likely N-dealkylation sites (tertiary alicyclic amines) is 2. The molecule has 3 rings (SSSR count). The van der Waals surface area contributed by atoms with E-state index in [1.165, 1.54) is 9.80 Å². The van der Waals surface area contributed by atoms with Crippen molar-refractivity contribution in [3.63, 3.8) is 0 Å². The van der Waals surface area contributed by atoms with E-state index in [-0.39, 0.29) is 148 Å². The van der Waals surface area contributed by atoms with Crippen LogP contribution >= 0.6 is 0 Å². The quantitative estimate of drug-likeness (QED) is 0.0253. The highest BCUT2D eigenvalue weighted by molar-refractivity contribution is 6.04. The number of benzene rings is 1. The van der Waals surface area contributed by atoms with Crippen molar-refractivity contribution in [2.45, 2.75) is 222 Å². The van der Waals surface area contributed by atoms with Crippen LogP contribution in [0, 0.1) is 29.6 Å². The molecule has 32 nitrogen and oxygen atoms in total. The van der Waals surface area contributed by atoms with Crippen LogP contribution in [-0.2, 0) is 73.7 Å². The number of ketones is 2. The molecule has 2 unspecified atom stereocenters. The first-order chi connectivity index (χ1) is 48.1. The van der Waals surface area contributed by atoms with E-state index < -0.39 is 85.2 Å². The van der Waals surface area contributed by atoms with E-state index in [4.69, 9.17) is 21.3 Å². The van der Waals surface area contributed by atoms with Gasteiger partial charge in [0, 0.05) is 78.7 Å². The summed E-state index contributed by atoms with van der Waals surface area (Å²) >= 11 is 0. The number of likely N-dealkylation sites (N-methyl/N-ethyl adjacent to an activating group) is 1. The molecule has 0 aromatic heterocycles. The highest BCUT2D eigenvalue weighted by Crippen LogP contribution is 2.21. The number of unbranched alkanes of at least 4 members (excludes halogenated alkanes) is 4. The Morgan fingerprint density at radius 1 is 0.535 bits per heavy atom. The monoisotopic (exact) mass is 1400 g/mol. The highest BCUT2D eigenvalue weighted by Gasteiger charge is 2.37. The van der Waals surface area contributed by atoms with Gasteiger partial charge in [-0.25, -0.2) is 14.4 Å². The number of Topliss-reactive ketones (excluding diaryl/α,β-unsaturated/α-hetero) is 2. The largest absolute Gasteiger partial charge is 0.463 e. The summed E-state index contributed by atoms with van der Waals surface area (Å²) in [5, 5.41) is 26.6. The van der Waals surface area contributed by atoms with Gasteiger partial charge in [-0.3, -0.25) is 72.1 Å². The molecule has 16 amide bonds. The van der Waals surface area contributed by atoms with E-state index >= 15 is 0 Å². The minimum absolute atomic E-state index is 0.0863. The van der Waals surface area contributed by atoms with Gasteiger partial charge in [0.25, 0.3) is 6.45 Å². The summed E-state index contributed by atoms with van der Waals surface area (Å²) in [7, 11) is 0. The Labute approximate surface area is 585 Å². The summed E-state index contributed by atoms with van der Waals surface area (Å²) in [5.74, 6) is -4.93. The highest BCUT2D eigenvalue weighted by atomic mass is 16.5. The van der Waals surface area contributed by atoms with Crippen molar-refractivity contribution in [1.82, 2.24) is 57.7 Å². The molecule has 556 valence electrons. The Balaban J connectivity index is 0.000000812. The number of nitrogens with two attached hydrogens (primary N) is 3. The molecule has 0 saturated carbocycles. The second-order valence-corrected chi connectivity index (χ2v) is 25.4. The SMILES string of the molecule is [2H]C(=O)OCc1ccc(NC(=O)[C@H](CCCNC(N)=O)NC(=O)[C@@H](NC(=O)CCCCCN2C(=O)CC(C)C2=O)C(C)C)cc1.[2H]CC(=O)[C@H](CCCNC(N)=O)NC(=O)[C@@H](NC(=O)CCCCCN1C(=O)CC(C)C1=O)C(C)C.[2H]CC(=O)[C@H](CCCNC(N)=O)NC(=O)[C@@H](NCC)C(C)C. The molecule has 8 atom stereocenters. The van der Waals surface area contributed by atoms with E-state index in [0.29, 0.717) is 102 Å².